The molecule has 1 aliphatic rings. The summed E-state index contributed by atoms with van der Waals surface area (Å²) < 4.78 is 39.1. The number of hydrogen-bond acceptors (Lipinski definition) is 2. The minimum Gasteiger partial charge on any atom is -0.343 e. The lowest BCUT2D eigenvalue weighted by Crippen LogP contribution is -2.41. The van der Waals surface area contributed by atoms with E-state index in [2.05, 4.69) is 5.32 Å². The van der Waals surface area contributed by atoms with Crippen LogP contribution < -0.4 is 5.32 Å². The average Bonchev–Trinajstić information content (AvgIpc) is 2.55. The number of anilines is 1. The van der Waals surface area contributed by atoms with E-state index in [0.717, 1.165) is 12.1 Å². The molecule has 132 valence electrons. The Hall–Kier alpha value is -1.76. The highest BCUT2D eigenvalue weighted by Gasteiger charge is 2.35. The highest BCUT2D eigenvalue weighted by atomic mass is 35.5. The maximum Gasteiger partial charge on any atom is 0.418 e. The fourth-order valence-electron chi connectivity index (χ4n) is 2.71. The smallest absolute Gasteiger partial charge is 0.343 e. The Labute approximate surface area is 143 Å². The molecule has 2 rings (SSSR count). The van der Waals surface area contributed by atoms with Gasteiger partial charge in [0.2, 0.25) is 11.8 Å². The van der Waals surface area contributed by atoms with Crippen molar-refractivity contribution < 1.29 is 22.8 Å². The van der Waals surface area contributed by atoms with Gasteiger partial charge in [0.1, 0.15) is 0 Å². The van der Waals surface area contributed by atoms with E-state index in [-0.39, 0.29) is 16.6 Å². The van der Waals surface area contributed by atoms with Crippen LogP contribution in [0.2, 0.25) is 5.02 Å². The van der Waals surface area contributed by atoms with Gasteiger partial charge in [-0.3, -0.25) is 9.59 Å². The van der Waals surface area contributed by atoms with Gasteiger partial charge < -0.3 is 10.2 Å². The van der Waals surface area contributed by atoms with Gasteiger partial charge in [-0.15, -0.1) is 0 Å². The molecule has 4 nitrogen and oxygen atoms in total. The van der Waals surface area contributed by atoms with Gasteiger partial charge in [0.25, 0.3) is 0 Å². The van der Waals surface area contributed by atoms with Crippen molar-refractivity contribution in [1.82, 2.24) is 4.90 Å². The number of benzene rings is 1. The van der Waals surface area contributed by atoms with Crippen molar-refractivity contribution in [3.05, 3.63) is 28.8 Å². The molecule has 0 aromatic heterocycles. The quantitative estimate of drug-likeness (QED) is 0.885. The second-order valence-corrected chi connectivity index (χ2v) is 6.12. The fraction of sp³-hybridized carbons (Fsp3) is 0.500. The molecule has 8 heteroatoms. The lowest BCUT2D eigenvalue weighted by molar-refractivity contribution is -0.137. The molecule has 2 amide bonds. The zero-order chi connectivity index (χ0) is 17.9. The van der Waals surface area contributed by atoms with Crippen molar-refractivity contribution in [2.45, 2.75) is 32.4 Å². The number of nitrogens with one attached hydrogen (secondary N) is 1. The molecule has 0 aliphatic carbocycles. The zero-order valence-electron chi connectivity index (χ0n) is 13.1. The number of carbonyl (C=O) groups is 2. The van der Waals surface area contributed by atoms with Crippen LogP contribution in [0.5, 0.6) is 0 Å². The number of hydrogen-bond donors (Lipinski definition) is 1. The first kappa shape index (κ1) is 18.6. The van der Waals surface area contributed by atoms with Crippen molar-refractivity contribution in [2.24, 2.45) is 5.92 Å². The van der Waals surface area contributed by atoms with Crippen molar-refractivity contribution in [1.29, 1.82) is 0 Å². The van der Waals surface area contributed by atoms with Gasteiger partial charge in [0.05, 0.1) is 11.3 Å². The van der Waals surface area contributed by atoms with Gasteiger partial charge in [-0.25, -0.2) is 0 Å². The standard InChI is InChI=1S/C16H18ClF3N2O2/c1-2-14(23)22-7-5-10(6-8-22)15(24)21-13-4-3-11(17)9-12(13)16(18,19)20/h3-4,9-10H,2,5-8H2,1H3,(H,21,24). The number of likely N-dealkylation sites (tertiary alicyclic amines) is 1. The second-order valence-electron chi connectivity index (χ2n) is 5.69. The van der Waals surface area contributed by atoms with Crippen LogP contribution in [0.1, 0.15) is 31.7 Å². The minimum atomic E-state index is -4.61. The molecule has 0 spiro atoms. The first-order valence-electron chi connectivity index (χ1n) is 7.67. The highest BCUT2D eigenvalue weighted by Crippen LogP contribution is 2.36. The van der Waals surface area contributed by atoms with Crippen LogP contribution >= 0.6 is 11.6 Å². The number of rotatable bonds is 3. The topological polar surface area (TPSA) is 49.4 Å². The third-order valence-electron chi connectivity index (χ3n) is 4.07. The Morgan fingerprint density at radius 2 is 1.92 bits per heavy atom. The molecule has 0 saturated carbocycles. The van der Waals surface area contributed by atoms with Gasteiger partial charge in [-0.1, -0.05) is 18.5 Å². The van der Waals surface area contributed by atoms with E-state index < -0.39 is 23.6 Å². The van der Waals surface area contributed by atoms with E-state index in [4.69, 9.17) is 11.6 Å². The Bertz CT molecular complexity index is 626. The summed E-state index contributed by atoms with van der Waals surface area (Å²) in [6.45, 7) is 2.65. The van der Waals surface area contributed by atoms with Crippen molar-refractivity contribution in [2.75, 3.05) is 18.4 Å². The third-order valence-corrected chi connectivity index (χ3v) is 4.30. The van der Waals surface area contributed by atoms with Crippen LogP contribution in [0.3, 0.4) is 0 Å². The Kier molecular flexibility index (Phi) is 5.74. The van der Waals surface area contributed by atoms with Crippen LogP contribution in [0.15, 0.2) is 18.2 Å². The van der Waals surface area contributed by atoms with Crippen LogP contribution in [-0.2, 0) is 15.8 Å². The largest absolute Gasteiger partial charge is 0.418 e. The van der Waals surface area contributed by atoms with Crippen molar-refractivity contribution in [3.8, 4) is 0 Å². The molecule has 1 saturated heterocycles. The normalized spacial score (nSPS) is 16.1. The van der Waals surface area contributed by atoms with E-state index in [1.165, 1.54) is 6.07 Å². The molecule has 0 bridgehead atoms. The van der Waals surface area contributed by atoms with Gasteiger partial charge in [0.15, 0.2) is 0 Å². The molecule has 0 unspecified atom stereocenters. The van der Waals surface area contributed by atoms with Crippen molar-refractivity contribution >= 4 is 29.1 Å². The summed E-state index contributed by atoms with van der Waals surface area (Å²) in [5.74, 6) is -0.861. The zero-order valence-corrected chi connectivity index (χ0v) is 13.9. The number of amides is 2. The molecule has 1 fully saturated rings. The third kappa shape index (κ3) is 4.41. The number of alkyl halides is 3. The maximum absolute atomic E-state index is 13.0. The van der Waals surface area contributed by atoms with Crippen LogP contribution in [0.25, 0.3) is 0 Å². The Balaban J connectivity index is 2.05. The number of halogens is 4. The van der Waals surface area contributed by atoms with Gasteiger partial charge >= 0.3 is 6.18 Å². The molecule has 0 atom stereocenters. The van der Waals surface area contributed by atoms with Gasteiger partial charge in [-0.05, 0) is 31.0 Å². The summed E-state index contributed by atoms with van der Waals surface area (Å²) in [5, 5.41) is 2.30. The Morgan fingerprint density at radius 1 is 1.29 bits per heavy atom. The van der Waals surface area contributed by atoms with E-state index in [0.29, 0.717) is 32.4 Å². The molecule has 0 radical (unpaired) electrons. The lowest BCUT2D eigenvalue weighted by atomic mass is 9.95. The summed E-state index contributed by atoms with van der Waals surface area (Å²) in [7, 11) is 0. The maximum atomic E-state index is 13.0. The minimum absolute atomic E-state index is 0.0194. The second kappa shape index (κ2) is 7.42. The molecule has 1 heterocycles. The summed E-state index contributed by atoms with van der Waals surface area (Å²) in [4.78, 5) is 25.5. The summed E-state index contributed by atoms with van der Waals surface area (Å²) in [5.41, 5.74) is -1.27. The molecule has 1 aliphatic heterocycles. The van der Waals surface area contributed by atoms with Crippen LogP contribution in [-0.4, -0.2) is 29.8 Å². The van der Waals surface area contributed by atoms with E-state index in [1.807, 2.05) is 0 Å². The first-order valence-corrected chi connectivity index (χ1v) is 8.05. The monoisotopic (exact) mass is 362 g/mol. The summed E-state index contributed by atoms with van der Waals surface area (Å²) in [6, 6.07) is 3.24. The number of carbonyl (C=O) groups excluding carboxylic acids is 2. The SMILES string of the molecule is CCC(=O)N1CCC(C(=O)Nc2ccc(Cl)cc2C(F)(F)F)CC1. The van der Waals surface area contributed by atoms with Gasteiger partial charge in [-0.2, -0.15) is 13.2 Å². The van der Waals surface area contributed by atoms with Gasteiger partial charge in [0, 0.05) is 30.5 Å². The van der Waals surface area contributed by atoms with E-state index in [9.17, 15) is 22.8 Å². The average molecular weight is 363 g/mol. The molecule has 1 aromatic rings. The summed E-state index contributed by atoms with van der Waals surface area (Å²) in [6.07, 6.45) is -3.33. The molecular formula is C16H18ClF3N2O2. The van der Waals surface area contributed by atoms with Crippen LogP contribution in [0, 0.1) is 5.92 Å². The fourth-order valence-corrected chi connectivity index (χ4v) is 2.88. The molecule has 24 heavy (non-hydrogen) atoms. The molecular weight excluding hydrogens is 345 g/mol. The number of piperidine rings is 1. The van der Waals surface area contributed by atoms with Crippen molar-refractivity contribution in [3.63, 3.8) is 0 Å². The molecule has 1 aromatic carbocycles. The summed E-state index contributed by atoms with van der Waals surface area (Å²) >= 11 is 5.62. The first-order chi connectivity index (χ1) is 11.2. The predicted molar refractivity (Wildman–Crippen MR) is 84.7 cm³/mol. The van der Waals surface area contributed by atoms with E-state index in [1.54, 1.807) is 11.8 Å². The molecule has 1 N–H and O–H groups in total. The lowest BCUT2D eigenvalue weighted by Gasteiger charge is -2.31. The van der Waals surface area contributed by atoms with E-state index >= 15 is 0 Å². The van der Waals surface area contributed by atoms with Crippen LogP contribution in [0.4, 0.5) is 18.9 Å². The Morgan fingerprint density at radius 3 is 2.46 bits per heavy atom. The predicted octanol–water partition coefficient (Wildman–Crippen LogP) is 3.95. The highest BCUT2D eigenvalue weighted by molar-refractivity contribution is 6.30. The number of nitrogens with zero attached hydrogens (tertiary/aromatic N) is 1.